The molecule has 8 heteroatoms. The number of fused-ring (bicyclic) bond motifs is 1. The number of amides is 1. The highest BCUT2D eigenvalue weighted by molar-refractivity contribution is 5.93. The van der Waals surface area contributed by atoms with Crippen molar-refractivity contribution in [2.24, 2.45) is 12.5 Å². The maximum Gasteiger partial charge on any atom is 0.409 e. The van der Waals surface area contributed by atoms with E-state index in [0.29, 0.717) is 19.7 Å². The zero-order chi connectivity index (χ0) is 21.3. The topological polar surface area (TPSA) is 79.3 Å². The lowest BCUT2D eigenvalue weighted by molar-refractivity contribution is 0.0902. The van der Waals surface area contributed by atoms with E-state index in [9.17, 15) is 4.79 Å². The minimum atomic E-state index is -0.209. The lowest BCUT2D eigenvalue weighted by atomic mass is 9.93. The van der Waals surface area contributed by atoms with E-state index in [2.05, 4.69) is 46.8 Å². The summed E-state index contributed by atoms with van der Waals surface area (Å²) in [5.74, 6) is 0. The first-order valence-corrected chi connectivity index (χ1v) is 10.4. The molecule has 8 nitrogen and oxygen atoms in total. The van der Waals surface area contributed by atoms with Crippen LogP contribution in [0.4, 0.5) is 10.5 Å². The van der Waals surface area contributed by atoms with Gasteiger partial charge in [-0.05, 0) is 24.0 Å². The molecule has 4 heterocycles. The highest BCUT2D eigenvalue weighted by Crippen LogP contribution is 2.30. The fourth-order valence-corrected chi connectivity index (χ4v) is 3.67. The van der Waals surface area contributed by atoms with Crippen molar-refractivity contribution in [2.75, 3.05) is 37.7 Å². The van der Waals surface area contributed by atoms with Crippen LogP contribution in [0.3, 0.4) is 0 Å². The Morgan fingerprint density at radius 2 is 2.00 bits per heavy atom. The van der Waals surface area contributed by atoms with Crippen molar-refractivity contribution >= 4 is 22.8 Å². The lowest BCUT2D eigenvalue weighted by Crippen LogP contribution is -2.49. The van der Waals surface area contributed by atoms with Gasteiger partial charge in [-0.25, -0.2) is 9.78 Å². The van der Waals surface area contributed by atoms with Crippen LogP contribution >= 0.6 is 0 Å². The first-order valence-electron chi connectivity index (χ1n) is 10.4. The Labute approximate surface area is 176 Å². The van der Waals surface area contributed by atoms with Crippen molar-refractivity contribution in [3.8, 4) is 11.3 Å². The van der Waals surface area contributed by atoms with Gasteiger partial charge in [0, 0.05) is 62.3 Å². The molecule has 1 aliphatic rings. The Morgan fingerprint density at radius 1 is 1.23 bits per heavy atom. The maximum atomic E-state index is 12.4. The van der Waals surface area contributed by atoms with Gasteiger partial charge >= 0.3 is 6.09 Å². The van der Waals surface area contributed by atoms with E-state index in [1.165, 1.54) is 0 Å². The normalized spacial score (nSPS) is 15.1. The zero-order valence-electron chi connectivity index (χ0n) is 18.2. The summed E-state index contributed by atoms with van der Waals surface area (Å²) in [5.41, 5.74) is 4.18. The molecule has 160 valence electrons. The smallest absolute Gasteiger partial charge is 0.409 e. The molecule has 1 aliphatic heterocycles. The van der Waals surface area contributed by atoms with E-state index >= 15 is 0 Å². The molecule has 3 aromatic heterocycles. The predicted molar refractivity (Wildman–Crippen MR) is 118 cm³/mol. The third-order valence-corrected chi connectivity index (χ3v) is 5.48. The van der Waals surface area contributed by atoms with E-state index < -0.39 is 0 Å². The van der Waals surface area contributed by atoms with Gasteiger partial charge in [-0.15, -0.1) is 0 Å². The summed E-state index contributed by atoms with van der Waals surface area (Å²) >= 11 is 0. The van der Waals surface area contributed by atoms with Gasteiger partial charge in [-0.3, -0.25) is 4.68 Å². The summed E-state index contributed by atoms with van der Waals surface area (Å²) in [4.78, 5) is 24.4. The first kappa shape index (κ1) is 20.3. The number of nitrogens with one attached hydrogen (secondary N) is 1. The van der Waals surface area contributed by atoms with Crippen LogP contribution in [0.15, 0.2) is 30.7 Å². The summed E-state index contributed by atoms with van der Waals surface area (Å²) < 4.78 is 7.26. The number of aryl methyl sites for hydroxylation is 1. The minimum Gasteiger partial charge on any atom is -0.449 e. The molecule has 0 radical (unpaired) electrons. The summed E-state index contributed by atoms with van der Waals surface area (Å²) in [6, 6.07) is 4.17. The molecule has 0 aromatic carbocycles. The number of carbonyl (C=O) groups is 1. The molecule has 0 unspecified atom stereocenters. The Kier molecular flexibility index (Phi) is 5.40. The molecule has 1 amide bonds. The predicted octanol–water partition coefficient (Wildman–Crippen LogP) is 3.66. The number of hydrogen-bond acceptors (Lipinski definition) is 5. The highest BCUT2D eigenvalue weighted by atomic mass is 16.6. The molecule has 0 aliphatic carbocycles. The molecule has 1 saturated heterocycles. The second kappa shape index (κ2) is 8.01. The summed E-state index contributed by atoms with van der Waals surface area (Å²) in [6.07, 6.45) is 6.30. The number of rotatable bonds is 4. The van der Waals surface area contributed by atoms with Crippen LogP contribution in [0.2, 0.25) is 0 Å². The number of piperazine rings is 1. The average molecular weight is 411 g/mol. The standard InChI is InChI=1S/C22H30N6O2/c1-22(2,3)6-12-30-21(29)28-10-8-27(9-11-28)19-5-7-23-20-17(19)13-18(25-20)16-14-24-26(4)15-16/h5,7,13-15H,6,8-12H2,1-4H3,(H,23,25). The molecule has 0 bridgehead atoms. The van der Waals surface area contributed by atoms with Crippen LogP contribution in [0.1, 0.15) is 27.2 Å². The third-order valence-electron chi connectivity index (χ3n) is 5.48. The maximum absolute atomic E-state index is 12.4. The van der Waals surface area contributed by atoms with Crippen LogP contribution in [-0.2, 0) is 11.8 Å². The van der Waals surface area contributed by atoms with Gasteiger partial charge in [-0.2, -0.15) is 5.10 Å². The number of aromatic nitrogens is 4. The van der Waals surface area contributed by atoms with Gasteiger partial charge in [0.15, 0.2) is 0 Å². The SMILES string of the molecule is Cn1cc(-c2cc3c(N4CCN(C(=O)OCCC(C)(C)C)CC4)ccnc3[nH]2)cn1. The van der Waals surface area contributed by atoms with Crippen LogP contribution < -0.4 is 4.90 Å². The van der Waals surface area contributed by atoms with E-state index in [1.807, 2.05) is 31.7 Å². The Bertz CT molecular complexity index is 1020. The number of anilines is 1. The van der Waals surface area contributed by atoms with Crippen LogP contribution in [-0.4, -0.2) is 63.5 Å². The average Bonchev–Trinajstić information content (AvgIpc) is 3.33. The number of pyridine rings is 1. The fourth-order valence-electron chi connectivity index (χ4n) is 3.67. The number of ether oxygens (including phenoxy) is 1. The molecule has 30 heavy (non-hydrogen) atoms. The van der Waals surface area contributed by atoms with E-state index in [1.54, 1.807) is 9.58 Å². The molecular weight excluding hydrogens is 380 g/mol. The van der Waals surface area contributed by atoms with Crippen molar-refractivity contribution in [2.45, 2.75) is 27.2 Å². The molecule has 1 N–H and O–H groups in total. The summed E-state index contributed by atoms with van der Waals surface area (Å²) in [7, 11) is 1.91. The summed E-state index contributed by atoms with van der Waals surface area (Å²) in [6.45, 7) is 9.74. The van der Waals surface area contributed by atoms with Crippen molar-refractivity contribution in [1.82, 2.24) is 24.6 Å². The molecule has 3 aromatic rings. The van der Waals surface area contributed by atoms with Crippen LogP contribution in [0.5, 0.6) is 0 Å². The molecular formula is C22H30N6O2. The highest BCUT2D eigenvalue weighted by Gasteiger charge is 2.24. The van der Waals surface area contributed by atoms with E-state index in [0.717, 1.165) is 47.5 Å². The van der Waals surface area contributed by atoms with E-state index in [-0.39, 0.29) is 11.5 Å². The number of aromatic amines is 1. The molecule has 1 fully saturated rings. The van der Waals surface area contributed by atoms with Gasteiger partial charge < -0.3 is 19.5 Å². The van der Waals surface area contributed by atoms with Gasteiger partial charge in [0.05, 0.1) is 18.5 Å². The monoisotopic (exact) mass is 410 g/mol. The van der Waals surface area contributed by atoms with E-state index in [4.69, 9.17) is 4.74 Å². The van der Waals surface area contributed by atoms with Gasteiger partial charge in [0.2, 0.25) is 0 Å². The fraction of sp³-hybridized carbons (Fsp3) is 0.500. The first-order chi connectivity index (χ1) is 14.3. The lowest BCUT2D eigenvalue weighted by Gasteiger charge is -2.35. The number of H-pyrrole nitrogens is 1. The van der Waals surface area contributed by atoms with Crippen LogP contribution in [0.25, 0.3) is 22.3 Å². The Hall–Kier alpha value is -3.03. The third kappa shape index (κ3) is 4.42. The minimum absolute atomic E-state index is 0.164. The molecule has 0 spiro atoms. The van der Waals surface area contributed by atoms with Crippen molar-refractivity contribution < 1.29 is 9.53 Å². The van der Waals surface area contributed by atoms with Gasteiger partial charge in [0.1, 0.15) is 5.65 Å². The van der Waals surface area contributed by atoms with Crippen molar-refractivity contribution in [3.63, 3.8) is 0 Å². The number of hydrogen-bond donors (Lipinski definition) is 1. The largest absolute Gasteiger partial charge is 0.449 e. The van der Waals surface area contributed by atoms with Gasteiger partial charge in [0.25, 0.3) is 0 Å². The van der Waals surface area contributed by atoms with Gasteiger partial charge in [-0.1, -0.05) is 20.8 Å². The number of carbonyl (C=O) groups excluding carboxylic acids is 1. The van der Waals surface area contributed by atoms with Crippen molar-refractivity contribution in [1.29, 1.82) is 0 Å². The zero-order valence-corrected chi connectivity index (χ0v) is 18.2. The summed E-state index contributed by atoms with van der Waals surface area (Å²) in [5, 5.41) is 5.33. The molecule has 0 atom stereocenters. The Balaban J connectivity index is 1.42. The van der Waals surface area contributed by atoms with Crippen molar-refractivity contribution in [3.05, 3.63) is 30.7 Å². The van der Waals surface area contributed by atoms with Crippen LogP contribution in [0, 0.1) is 5.41 Å². The second-order valence-electron chi connectivity index (χ2n) is 9.08. The quantitative estimate of drug-likeness (QED) is 0.710. The molecule has 0 saturated carbocycles. The Morgan fingerprint density at radius 3 is 2.67 bits per heavy atom. The molecule has 4 rings (SSSR count). The number of nitrogens with zero attached hydrogens (tertiary/aromatic N) is 5. The second-order valence-corrected chi connectivity index (χ2v) is 9.08.